The average molecular weight is 426 g/mol. The fraction of sp³-hybridized carbons (Fsp3) is 0.174. The van der Waals surface area contributed by atoms with Crippen LogP contribution in [0.25, 0.3) is 0 Å². The molecule has 2 aromatic carbocycles. The van der Waals surface area contributed by atoms with E-state index < -0.39 is 24.0 Å². The molecule has 1 atom stereocenters. The number of methoxy groups -OCH3 is 1. The molecule has 1 unspecified atom stereocenters. The van der Waals surface area contributed by atoms with Gasteiger partial charge in [0.05, 0.1) is 12.7 Å². The summed E-state index contributed by atoms with van der Waals surface area (Å²) in [6.45, 7) is 6.32. The van der Waals surface area contributed by atoms with Crippen molar-refractivity contribution in [3.05, 3.63) is 79.4 Å². The van der Waals surface area contributed by atoms with Crippen molar-refractivity contribution in [2.45, 2.75) is 6.10 Å². The molecule has 0 saturated heterocycles. The average Bonchev–Trinajstić information content (AvgIpc) is 2.81. The molecule has 8 nitrogen and oxygen atoms in total. The maximum Gasteiger partial charge on any atom is 0.343 e. The number of ether oxygens (including phenoxy) is 5. The smallest absolute Gasteiger partial charge is 0.343 e. The second-order valence-electron chi connectivity index (χ2n) is 6.00. The van der Waals surface area contributed by atoms with E-state index in [1.165, 1.54) is 12.1 Å². The van der Waals surface area contributed by atoms with Crippen LogP contribution in [0.2, 0.25) is 0 Å². The van der Waals surface area contributed by atoms with E-state index in [4.69, 9.17) is 23.7 Å². The van der Waals surface area contributed by atoms with Crippen LogP contribution in [-0.4, -0.2) is 44.3 Å². The van der Waals surface area contributed by atoms with Crippen LogP contribution in [0.5, 0.6) is 17.2 Å². The Hall–Kier alpha value is -4.07. The zero-order valence-electron chi connectivity index (χ0n) is 16.9. The molecule has 2 rings (SSSR count). The van der Waals surface area contributed by atoms with Crippen LogP contribution in [-0.2, 0) is 19.1 Å². The van der Waals surface area contributed by atoms with Crippen molar-refractivity contribution in [2.24, 2.45) is 0 Å². The van der Waals surface area contributed by atoms with Gasteiger partial charge in [-0.25, -0.2) is 14.4 Å². The Morgan fingerprint density at radius 3 is 2.00 bits per heavy atom. The van der Waals surface area contributed by atoms with Crippen molar-refractivity contribution in [3.63, 3.8) is 0 Å². The number of rotatable bonds is 11. The first-order chi connectivity index (χ1) is 14.9. The molecular formula is C23H22O8. The number of carbonyl (C=O) groups excluding carboxylic acids is 3. The molecule has 0 heterocycles. The Balaban J connectivity index is 1.93. The molecule has 0 radical (unpaired) electrons. The van der Waals surface area contributed by atoms with E-state index in [2.05, 4.69) is 13.2 Å². The highest BCUT2D eigenvalue weighted by atomic mass is 16.6. The molecule has 0 spiro atoms. The van der Waals surface area contributed by atoms with E-state index in [1.807, 2.05) is 0 Å². The molecule has 0 bridgehead atoms. The topological polar surface area (TPSA) is 97.4 Å². The molecule has 2 aromatic rings. The third kappa shape index (κ3) is 7.69. The van der Waals surface area contributed by atoms with Crippen molar-refractivity contribution < 1.29 is 38.1 Å². The van der Waals surface area contributed by atoms with Gasteiger partial charge in [0, 0.05) is 12.2 Å². The Morgan fingerprint density at radius 2 is 1.42 bits per heavy atom. The molecule has 0 N–H and O–H groups in total. The van der Waals surface area contributed by atoms with Crippen molar-refractivity contribution in [2.75, 3.05) is 20.3 Å². The van der Waals surface area contributed by atoms with Gasteiger partial charge in [0.25, 0.3) is 0 Å². The lowest BCUT2D eigenvalue weighted by Crippen LogP contribution is -2.30. The summed E-state index contributed by atoms with van der Waals surface area (Å²) in [6, 6.07) is 12.8. The number of esters is 3. The summed E-state index contributed by atoms with van der Waals surface area (Å²) in [6.07, 6.45) is 1.14. The van der Waals surface area contributed by atoms with Crippen LogP contribution in [0.1, 0.15) is 10.4 Å². The minimum atomic E-state index is -0.853. The van der Waals surface area contributed by atoms with Gasteiger partial charge in [-0.2, -0.15) is 0 Å². The molecular weight excluding hydrogens is 404 g/mol. The highest BCUT2D eigenvalue weighted by molar-refractivity contribution is 5.91. The van der Waals surface area contributed by atoms with Gasteiger partial charge in [0.1, 0.15) is 30.5 Å². The monoisotopic (exact) mass is 426 g/mol. The fourth-order valence-electron chi connectivity index (χ4n) is 2.25. The van der Waals surface area contributed by atoms with Crippen molar-refractivity contribution in [1.29, 1.82) is 0 Å². The van der Waals surface area contributed by atoms with Gasteiger partial charge in [0.15, 0.2) is 6.10 Å². The van der Waals surface area contributed by atoms with E-state index >= 15 is 0 Å². The standard InChI is InChI=1S/C23H22O8/c1-4-21(24)29-15-20(30-22(25)5-2)14-28-18-8-6-16(7-9-18)23(26)31-19-12-10-17(27-3)11-13-19/h4-13,20H,1-2,14-15H2,3H3. The maximum absolute atomic E-state index is 12.3. The fourth-order valence-corrected chi connectivity index (χ4v) is 2.25. The summed E-state index contributed by atoms with van der Waals surface area (Å²) in [4.78, 5) is 34.9. The SMILES string of the molecule is C=CC(=O)OCC(COc1ccc(C(=O)Oc2ccc(OC)cc2)cc1)OC(=O)C=C. The molecule has 0 amide bonds. The van der Waals surface area contributed by atoms with Crippen LogP contribution in [0.15, 0.2) is 73.8 Å². The predicted molar refractivity (Wildman–Crippen MR) is 111 cm³/mol. The molecule has 162 valence electrons. The van der Waals surface area contributed by atoms with E-state index in [1.54, 1.807) is 43.5 Å². The van der Waals surface area contributed by atoms with E-state index in [0.29, 0.717) is 22.8 Å². The van der Waals surface area contributed by atoms with Crippen LogP contribution >= 0.6 is 0 Å². The van der Waals surface area contributed by atoms with Crippen LogP contribution in [0.3, 0.4) is 0 Å². The van der Waals surface area contributed by atoms with Gasteiger partial charge in [-0.3, -0.25) is 0 Å². The second kappa shape index (κ2) is 11.8. The maximum atomic E-state index is 12.3. The number of benzene rings is 2. The minimum absolute atomic E-state index is 0.0837. The highest BCUT2D eigenvalue weighted by Crippen LogP contribution is 2.19. The summed E-state index contributed by atoms with van der Waals surface area (Å²) in [5.74, 6) is -0.425. The van der Waals surface area contributed by atoms with Gasteiger partial charge >= 0.3 is 17.9 Å². The molecule has 0 aliphatic heterocycles. The lowest BCUT2D eigenvalue weighted by atomic mass is 10.2. The molecule has 0 aliphatic carbocycles. The van der Waals surface area contributed by atoms with Crippen molar-refractivity contribution in [1.82, 2.24) is 0 Å². The largest absolute Gasteiger partial charge is 0.497 e. The van der Waals surface area contributed by atoms with Crippen molar-refractivity contribution in [3.8, 4) is 17.2 Å². The van der Waals surface area contributed by atoms with Crippen LogP contribution in [0.4, 0.5) is 0 Å². The van der Waals surface area contributed by atoms with Gasteiger partial charge in [-0.1, -0.05) is 13.2 Å². The normalized spacial score (nSPS) is 10.9. The van der Waals surface area contributed by atoms with E-state index in [0.717, 1.165) is 12.2 Å². The van der Waals surface area contributed by atoms with Gasteiger partial charge < -0.3 is 23.7 Å². The van der Waals surface area contributed by atoms with Gasteiger partial charge in [-0.15, -0.1) is 0 Å². The van der Waals surface area contributed by atoms with Gasteiger partial charge in [0.2, 0.25) is 0 Å². The lowest BCUT2D eigenvalue weighted by molar-refractivity contribution is -0.154. The Bertz CT molecular complexity index is 916. The third-order valence-corrected chi connectivity index (χ3v) is 3.82. The molecule has 0 aromatic heterocycles. The van der Waals surface area contributed by atoms with Crippen LogP contribution < -0.4 is 14.2 Å². The summed E-state index contributed by atoms with van der Waals surface area (Å²) < 4.78 is 25.9. The number of carbonyl (C=O) groups is 3. The third-order valence-electron chi connectivity index (χ3n) is 3.82. The molecule has 0 aliphatic rings. The molecule has 0 fully saturated rings. The zero-order chi connectivity index (χ0) is 22.6. The van der Waals surface area contributed by atoms with Crippen LogP contribution in [0, 0.1) is 0 Å². The summed E-state index contributed by atoms with van der Waals surface area (Å²) in [7, 11) is 1.55. The molecule has 8 heteroatoms. The number of hydrogen-bond donors (Lipinski definition) is 0. The van der Waals surface area contributed by atoms with Crippen molar-refractivity contribution >= 4 is 17.9 Å². The first kappa shape index (κ1) is 23.2. The Labute approximate surface area is 179 Å². The first-order valence-corrected chi connectivity index (χ1v) is 9.16. The summed E-state index contributed by atoms with van der Waals surface area (Å²) >= 11 is 0. The highest BCUT2D eigenvalue weighted by Gasteiger charge is 2.16. The lowest BCUT2D eigenvalue weighted by Gasteiger charge is -2.17. The van der Waals surface area contributed by atoms with E-state index in [-0.39, 0.29) is 13.2 Å². The minimum Gasteiger partial charge on any atom is -0.497 e. The van der Waals surface area contributed by atoms with Gasteiger partial charge in [-0.05, 0) is 48.5 Å². The summed E-state index contributed by atoms with van der Waals surface area (Å²) in [5, 5.41) is 0. The molecule has 0 saturated carbocycles. The Morgan fingerprint density at radius 1 is 0.839 bits per heavy atom. The zero-order valence-corrected chi connectivity index (χ0v) is 16.9. The Kier molecular flexibility index (Phi) is 8.85. The molecule has 31 heavy (non-hydrogen) atoms. The first-order valence-electron chi connectivity index (χ1n) is 9.16. The van der Waals surface area contributed by atoms with E-state index in [9.17, 15) is 14.4 Å². The quantitative estimate of drug-likeness (QED) is 0.307. The second-order valence-corrected chi connectivity index (χ2v) is 6.00. The predicted octanol–water partition coefficient (Wildman–Crippen LogP) is 3.12. The summed E-state index contributed by atoms with van der Waals surface area (Å²) in [5.41, 5.74) is 0.317. The number of hydrogen-bond acceptors (Lipinski definition) is 8.